The number of aryl methyl sites for hydroxylation is 2. The molecule has 1 aliphatic rings. The minimum atomic E-state index is -4.45. The number of hydrogen-bond donors (Lipinski definition) is 4. The van der Waals surface area contributed by atoms with Gasteiger partial charge in [-0.3, -0.25) is 14.8 Å². The Kier molecular flexibility index (Phi) is 6.10. The Morgan fingerprint density at radius 3 is 2.41 bits per heavy atom. The van der Waals surface area contributed by atoms with Crippen LogP contribution in [0.5, 0.6) is 5.75 Å². The number of carbonyl (C=O) groups is 1. The highest BCUT2D eigenvalue weighted by Gasteiger charge is 2.31. The first-order valence-electron chi connectivity index (χ1n) is 10.4. The van der Waals surface area contributed by atoms with E-state index >= 15 is 0 Å². The first-order valence-corrected chi connectivity index (χ1v) is 12.0. The maximum Gasteiger partial charge on any atom is 0.356 e. The SMILES string of the molecule is CC1=NN(c2ccc(C)c(C)c2)C(=O)C1=NNc1cccc(-c2cccc(P(=O)(O)O)c2)c1O. The van der Waals surface area contributed by atoms with Crippen LogP contribution in [0.2, 0.25) is 0 Å². The molecule has 0 aromatic heterocycles. The van der Waals surface area contributed by atoms with E-state index in [4.69, 9.17) is 0 Å². The number of anilines is 2. The zero-order valence-corrected chi connectivity index (χ0v) is 19.6. The molecule has 9 nitrogen and oxygen atoms in total. The number of phenolic OH excluding ortho intramolecular Hbond substituents is 1. The Morgan fingerprint density at radius 2 is 1.71 bits per heavy atom. The number of rotatable bonds is 5. The Bertz CT molecular complexity index is 1410. The molecule has 0 saturated carbocycles. The Morgan fingerprint density at radius 1 is 0.971 bits per heavy atom. The lowest BCUT2D eigenvalue weighted by Gasteiger charge is -2.13. The average molecular weight is 478 g/mol. The molecule has 0 unspecified atom stereocenters. The number of hydrazone groups is 2. The summed E-state index contributed by atoms with van der Waals surface area (Å²) in [5, 5.41) is 20.4. The van der Waals surface area contributed by atoms with Gasteiger partial charge in [0, 0.05) is 5.56 Å². The Balaban J connectivity index is 1.61. The lowest BCUT2D eigenvalue weighted by atomic mass is 10.0. The van der Waals surface area contributed by atoms with E-state index in [-0.39, 0.29) is 22.5 Å². The number of nitrogens with zero attached hydrogens (tertiary/aromatic N) is 3. The lowest BCUT2D eigenvalue weighted by molar-refractivity contribution is -0.112. The van der Waals surface area contributed by atoms with E-state index in [1.165, 1.54) is 23.2 Å². The molecule has 4 rings (SSSR count). The van der Waals surface area contributed by atoms with Gasteiger partial charge in [-0.15, -0.1) is 0 Å². The van der Waals surface area contributed by atoms with Crippen molar-refractivity contribution in [3.8, 4) is 16.9 Å². The fourth-order valence-corrected chi connectivity index (χ4v) is 4.08. The second-order valence-electron chi connectivity index (χ2n) is 7.94. The molecule has 0 aliphatic carbocycles. The molecule has 0 bridgehead atoms. The minimum Gasteiger partial charge on any atom is -0.505 e. The third kappa shape index (κ3) is 4.49. The number of amides is 1. The number of para-hydroxylation sites is 1. The van der Waals surface area contributed by atoms with Crippen LogP contribution >= 0.6 is 7.60 Å². The molecule has 0 saturated heterocycles. The quantitative estimate of drug-likeness (QED) is 0.251. The third-order valence-corrected chi connectivity index (χ3v) is 6.49. The summed E-state index contributed by atoms with van der Waals surface area (Å²) < 4.78 is 11.6. The lowest BCUT2D eigenvalue weighted by Crippen LogP contribution is -2.28. The number of nitrogens with one attached hydrogen (secondary N) is 1. The van der Waals surface area contributed by atoms with Gasteiger partial charge in [0.1, 0.15) is 5.75 Å². The molecular weight excluding hydrogens is 455 g/mol. The summed E-state index contributed by atoms with van der Waals surface area (Å²) in [6, 6.07) is 16.2. The monoisotopic (exact) mass is 478 g/mol. The van der Waals surface area contributed by atoms with Crippen LogP contribution in [0.25, 0.3) is 11.1 Å². The van der Waals surface area contributed by atoms with Gasteiger partial charge in [0.2, 0.25) is 0 Å². The molecule has 10 heteroatoms. The van der Waals surface area contributed by atoms with Crippen molar-refractivity contribution < 1.29 is 24.3 Å². The first-order chi connectivity index (χ1) is 16.1. The predicted octanol–water partition coefficient (Wildman–Crippen LogP) is 3.67. The summed E-state index contributed by atoms with van der Waals surface area (Å²) in [5.41, 5.74) is 7.00. The van der Waals surface area contributed by atoms with E-state index in [2.05, 4.69) is 15.6 Å². The summed E-state index contributed by atoms with van der Waals surface area (Å²) >= 11 is 0. The molecule has 1 amide bonds. The van der Waals surface area contributed by atoms with Gasteiger partial charge >= 0.3 is 13.5 Å². The van der Waals surface area contributed by atoms with Crippen LogP contribution in [0.4, 0.5) is 11.4 Å². The van der Waals surface area contributed by atoms with Crippen LogP contribution in [0.15, 0.2) is 70.9 Å². The Hall–Kier alpha value is -3.78. The highest BCUT2D eigenvalue weighted by Crippen LogP contribution is 2.38. The number of benzene rings is 3. The summed E-state index contributed by atoms with van der Waals surface area (Å²) in [5.74, 6) is -0.584. The molecule has 0 fully saturated rings. The van der Waals surface area contributed by atoms with Crippen molar-refractivity contribution in [1.29, 1.82) is 0 Å². The van der Waals surface area contributed by atoms with Crippen LogP contribution in [0.1, 0.15) is 18.1 Å². The van der Waals surface area contributed by atoms with E-state index in [0.29, 0.717) is 22.5 Å². The van der Waals surface area contributed by atoms with Gasteiger partial charge in [-0.05, 0) is 67.8 Å². The van der Waals surface area contributed by atoms with Crippen molar-refractivity contribution in [1.82, 2.24) is 0 Å². The van der Waals surface area contributed by atoms with Crippen molar-refractivity contribution in [2.45, 2.75) is 20.8 Å². The van der Waals surface area contributed by atoms with Gasteiger partial charge in [0.05, 0.1) is 22.4 Å². The van der Waals surface area contributed by atoms with E-state index < -0.39 is 13.5 Å². The van der Waals surface area contributed by atoms with Crippen molar-refractivity contribution in [2.75, 3.05) is 10.4 Å². The molecule has 174 valence electrons. The molecule has 1 heterocycles. The maximum atomic E-state index is 12.9. The van der Waals surface area contributed by atoms with Crippen molar-refractivity contribution in [3.63, 3.8) is 0 Å². The zero-order valence-electron chi connectivity index (χ0n) is 18.7. The number of aromatic hydroxyl groups is 1. The zero-order chi connectivity index (χ0) is 24.6. The molecular formula is C24H23N4O5P. The summed E-state index contributed by atoms with van der Waals surface area (Å²) in [7, 11) is -4.45. The second-order valence-corrected chi connectivity index (χ2v) is 9.54. The van der Waals surface area contributed by atoms with Crippen molar-refractivity contribution in [2.24, 2.45) is 10.2 Å². The maximum absolute atomic E-state index is 12.9. The fraction of sp³-hybridized carbons (Fsp3) is 0.125. The normalized spacial score (nSPS) is 15.1. The largest absolute Gasteiger partial charge is 0.505 e. The van der Waals surface area contributed by atoms with Crippen LogP contribution in [0, 0.1) is 13.8 Å². The van der Waals surface area contributed by atoms with Crippen LogP contribution in [0.3, 0.4) is 0 Å². The third-order valence-electron chi connectivity index (χ3n) is 5.54. The van der Waals surface area contributed by atoms with Crippen LogP contribution in [-0.2, 0) is 9.36 Å². The van der Waals surface area contributed by atoms with Gasteiger partial charge in [0.15, 0.2) is 5.71 Å². The summed E-state index contributed by atoms with van der Waals surface area (Å²) in [6.45, 7) is 5.61. The first kappa shape index (κ1) is 23.4. The van der Waals surface area contributed by atoms with Gasteiger partial charge < -0.3 is 14.9 Å². The van der Waals surface area contributed by atoms with Gasteiger partial charge in [0.25, 0.3) is 0 Å². The number of carbonyl (C=O) groups excluding carboxylic acids is 1. The van der Waals surface area contributed by atoms with E-state index in [1.54, 1.807) is 31.2 Å². The molecule has 0 radical (unpaired) electrons. The van der Waals surface area contributed by atoms with E-state index in [9.17, 15) is 24.3 Å². The van der Waals surface area contributed by atoms with Gasteiger partial charge in [-0.2, -0.15) is 15.2 Å². The smallest absolute Gasteiger partial charge is 0.356 e. The minimum absolute atomic E-state index is 0.103. The fourth-order valence-electron chi connectivity index (χ4n) is 3.50. The van der Waals surface area contributed by atoms with Gasteiger partial charge in [-0.1, -0.05) is 30.3 Å². The number of phenols is 1. The predicted molar refractivity (Wildman–Crippen MR) is 133 cm³/mol. The van der Waals surface area contributed by atoms with Crippen LogP contribution in [-0.4, -0.2) is 32.2 Å². The average Bonchev–Trinajstić information content (AvgIpc) is 3.08. The summed E-state index contributed by atoms with van der Waals surface area (Å²) in [4.78, 5) is 31.8. The van der Waals surface area contributed by atoms with Crippen molar-refractivity contribution in [3.05, 3.63) is 71.8 Å². The van der Waals surface area contributed by atoms with Gasteiger partial charge in [-0.25, -0.2) is 0 Å². The molecule has 34 heavy (non-hydrogen) atoms. The molecule has 4 N–H and O–H groups in total. The standard InChI is InChI=1S/C24H23N4O5P/c1-14-10-11-18(12-15(14)2)28-24(30)22(16(3)27-28)26-25-21-9-5-8-20(23(21)29)17-6-4-7-19(13-17)34(31,32)33/h4-13,25,29H,1-3H3,(H2,31,32,33). The highest BCUT2D eigenvalue weighted by atomic mass is 31.2. The highest BCUT2D eigenvalue weighted by molar-refractivity contribution is 7.60. The molecule has 3 aromatic rings. The molecule has 3 aromatic carbocycles. The van der Waals surface area contributed by atoms with E-state index in [1.807, 2.05) is 32.0 Å². The Labute approximate surface area is 196 Å². The van der Waals surface area contributed by atoms with E-state index in [0.717, 1.165) is 11.1 Å². The van der Waals surface area contributed by atoms with Crippen LogP contribution < -0.4 is 15.7 Å². The summed E-state index contributed by atoms with van der Waals surface area (Å²) in [6.07, 6.45) is 0. The van der Waals surface area contributed by atoms with Crippen molar-refractivity contribution >= 4 is 41.6 Å². The number of hydrogen-bond acceptors (Lipinski definition) is 6. The topological polar surface area (TPSA) is 135 Å². The molecule has 1 aliphatic heterocycles. The second kappa shape index (κ2) is 8.87. The molecule has 0 atom stereocenters. The molecule has 0 spiro atoms.